The van der Waals surface area contributed by atoms with Crippen molar-refractivity contribution in [3.05, 3.63) is 6.58 Å². The highest BCUT2D eigenvalue weighted by molar-refractivity contribution is 9.07. The second-order valence-electron chi connectivity index (χ2n) is 0.144. The molecule has 30 valence electrons. The summed E-state index contributed by atoms with van der Waals surface area (Å²) in [6.45, 7) is 2.68. The summed E-state index contributed by atoms with van der Waals surface area (Å²) in [6, 6.07) is 0. The second-order valence-corrected chi connectivity index (χ2v) is 0.144. The Labute approximate surface area is 39.0 Å². The first-order chi connectivity index (χ1) is 2.41. The van der Waals surface area contributed by atoms with E-state index in [4.69, 9.17) is 4.79 Å². The van der Waals surface area contributed by atoms with Gasteiger partial charge in [-0.15, -0.1) is 0 Å². The lowest BCUT2D eigenvalue weighted by Gasteiger charge is -1.14. The van der Waals surface area contributed by atoms with Crippen LogP contribution >= 0.6 is 16.1 Å². The van der Waals surface area contributed by atoms with Crippen molar-refractivity contribution in [3.63, 3.8) is 0 Å². The van der Waals surface area contributed by atoms with Gasteiger partial charge in [-0.1, -0.05) is 0 Å². The van der Waals surface area contributed by atoms with E-state index < -0.39 is 0 Å². The summed E-state index contributed by atoms with van der Waals surface area (Å²) < 4.78 is 4.31. The molecule has 0 heterocycles. The molecule has 0 saturated heterocycles. The van der Waals surface area contributed by atoms with Gasteiger partial charge in [-0.2, -0.15) is 0 Å². The van der Waals surface area contributed by atoms with E-state index in [9.17, 15) is 0 Å². The van der Waals surface area contributed by atoms with Crippen molar-refractivity contribution in [1.82, 2.24) is 0 Å². The van der Waals surface area contributed by atoms with Crippen LogP contribution in [0, 0.1) is 0 Å². The van der Waals surface area contributed by atoms with Crippen LogP contribution in [0.2, 0.25) is 0 Å². The SMILES string of the molecule is C=C=O.NBr. The Morgan fingerprint density at radius 3 is 1.80 bits per heavy atom. The molecule has 0 saturated carbocycles. The molecule has 5 heavy (non-hydrogen) atoms. The first-order valence-corrected chi connectivity index (χ1v) is 1.69. The summed E-state index contributed by atoms with van der Waals surface area (Å²) in [5.41, 5.74) is 0. The van der Waals surface area contributed by atoms with Crippen LogP contribution in [0.25, 0.3) is 0 Å². The predicted molar refractivity (Wildman–Crippen MR) is 24.4 cm³/mol. The van der Waals surface area contributed by atoms with Crippen molar-refractivity contribution in [2.75, 3.05) is 0 Å². The number of carbonyl (C=O) groups excluding carboxylic acids is 1. The van der Waals surface area contributed by atoms with Crippen LogP contribution in [0.15, 0.2) is 6.58 Å². The first-order valence-electron chi connectivity index (χ1n) is 0.776. The lowest BCUT2D eigenvalue weighted by Crippen LogP contribution is -1.45. The van der Waals surface area contributed by atoms with Crippen LogP contribution in [0.4, 0.5) is 0 Å². The summed E-state index contributed by atoms with van der Waals surface area (Å²) in [5, 5.41) is 0. The Hall–Kier alpha value is -0.110. The lowest BCUT2D eigenvalue weighted by atomic mass is 11.2. The van der Waals surface area contributed by atoms with Gasteiger partial charge >= 0.3 is 0 Å². The number of rotatable bonds is 0. The average molecular weight is 138 g/mol. The molecule has 0 fully saturated rings. The molecule has 0 bridgehead atoms. The Bertz CT molecular complexity index is 30.6. The lowest BCUT2D eigenvalue weighted by molar-refractivity contribution is 0.569. The van der Waals surface area contributed by atoms with Crippen molar-refractivity contribution < 1.29 is 4.79 Å². The van der Waals surface area contributed by atoms with E-state index in [-0.39, 0.29) is 0 Å². The third-order valence-corrected chi connectivity index (χ3v) is 0. The molecule has 3 heteroatoms. The molecule has 0 aliphatic rings. The van der Waals surface area contributed by atoms with Crippen molar-refractivity contribution in [2.45, 2.75) is 0 Å². The Morgan fingerprint density at radius 1 is 1.80 bits per heavy atom. The fourth-order valence-corrected chi connectivity index (χ4v) is 0. The molecular weight excluding hydrogens is 134 g/mol. The first kappa shape index (κ1) is 8.86. The van der Waals surface area contributed by atoms with Crippen LogP contribution in [0.1, 0.15) is 0 Å². The fraction of sp³-hybridized carbons (Fsp3) is 0. The van der Waals surface area contributed by atoms with Gasteiger partial charge in [-0.3, -0.25) is 4.76 Å². The van der Waals surface area contributed by atoms with E-state index in [2.05, 4.69) is 27.5 Å². The van der Waals surface area contributed by atoms with Gasteiger partial charge < -0.3 is 0 Å². The quantitative estimate of drug-likeness (QED) is 0.385. The minimum atomic E-state index is 1.25. The largest absolute Gasteiger partial charge is 0.270 e. The Balaban J connectivity index is 0. The molecule has 2 N–H and O–H groups in total. The summed E-state index contributed by atoms with van der Waals surface area (Å²) in [7, 11) is 0. The maximum absolute atomic E-state index is 8.57. The maximum Gasteiger partial charge on any atom is 0.116 e. The van der Waals surface area contributed by atoms with E-state index in [0.717, 1.165) is 0 Å². The predicted octanol–water partition coefficient (Wildman–Crippen LogP) is 0.259. The number of hydrogen-bond acceptors (Lipinski definition) is 2. The molecule has 0 aliphatic carbocycles. The van der Waals surface area contributed by atoms with E-state index in [0.29, 0.717) is 0 Å². The van der Waals surface area contributed by atoms with Crippen LogP contribution in [-0.4, -0.2) is 5.94 Å². The van der Waals surface area contributed by atoms with Crippen molar-refractivity contribution >= 4 is 22.1 Å². The van der Waals surface area contributed by atoms with Gasteiger partial charge in [-0.25, -0.2) is 4.79 Å². The highest BCUT2D eigenvalue weighted by atomic mass is 79.9. The van der Waals surface area contributed by atoms with Gasteiger partial charge in [0.15, 0.2) is 0 Å². The number of halogens is 1. The summed E-state index contributed by atoms with van der Waals surface area (Å²) in [4.78, 5) is 8.57. The van der Waals surface area contributed by atoms with E-state index in [1.54, 1.807) is 0 Å². The van der Waals surface area contributed by atoms with Crippen LogP contribution in [0.5, 0.6) is 0 Å². The maximum atomic E-state index is 8.57. The third kappa shape index (κ3) is 1150. The standard InChI is InChI=1S/C2H2O.BrH2N/c1-2-3;1-2/h1H2;2H2. The smallest absolute Gasteiger partial charge is 0.116 e. The molecule has 0 aromatic rings. The molecule has 0 aromatic heterocycles. The molecule has 0 aromatic carbocycles. The zero-order chi connectivity index (χ0) is 4.71. The van der Waals surface area contributed by atoms with E-state index in [1.165, 1.54) is 5.94 Å². The van der Waals surface area contributed by atoms with Gasteiger partial charge in [0, 0.05) is 16.1 Å². The summed E-state index contributed by atoms with van der Waals surface area (Å²) in [6.07, 6.45) is 0. The van der Waals surface area contributed by atoms with Crippen LogP contribution < -0.4 is 4.76 Å². The van der Waals surface area contributed by atoms with Gasteiger partial charge in [-0.05, 0) is 6.58 Å². The molecule has 0 aliphatic heterocycles. The number of hydrogen-bond donors (Lipinski definition) is 1. The highest BCUT2D eigenvalue weighted by Gasteiger charge is 1.01. The zero-order valence-electron chi connectivity index (χ0n) is 2.57. The van der Waals surface area contributed by atoms with Crippen LogP contribution in [-0.2, 0) is 4.79 Å². The summed E-state index contributed by atoms with van der Waals surface area (Å²) in [5.74, 6) is 1.25. The van der Waals surface area contributed by atoms with Crippen molar-refractivity contribution in [1.29, 1.82) is 0 Å². The van der Waals surface area contributed by atoms with Gasteiger partial charge in [0.1, 0.15) is 5.94 Å². The molecule has 2 nitrogen and oxygen atoms in total. The molecule has 0 radical (unpaired) electrons. The minimum Gasteiger partial charge on any atom is -0.270 e. The Kier molecular flexibility index (Phi) is 72.7. The van der Waals surface area contributed by atoms with E-state index in [1.807, 2.05) is 0 Å². The van der Waals surface area contributed by atoms with Gasteiger partial charge in [0.2, 0.25) is 0 Å². The average Bonchev–Trinajstić information content (AvgIpc) is 1.46. The monoisotopic (exact) mass is 137 g/mol. The molecule has 0 spiro atoms. The molecule has 0 unspecified atom stereocenters. The van der Waals surface area contributed by atoms with Gasteiger partial charge in [0.25, 0.3) is 0 Å². The fourth-order valence-electron chi connectivity index (χ4n) is 0. The normalized spacial score (nSPS) is 2.80. The molecule has 0 amide bonds. The topological polar surface area (TPSA) is 43.1 Å². The van der Waals surface area contributed by atoms with Gasteiger partial charge in [0.05, 0.1) is 0 Å². The summed E-state index contributed by atoms with van der Waals surface area (Å²) >= 11 is 2.44. The minimum absolute atomic E-state index is 1.25. The Morgan fingerprint density at radius 2 is 1.80 bits per heavy atom. The highest BCUT2D eigenvalue weighted by Crippen LogP contribution is 1.28. The molecule has 0 rings (SSSR count). The second kappa shape index (κ2) is 41.0. The third-order valence-electron chi connectivity index (χ3n) is 0. The number of nitrogens with two attached hydrogens (primary N) is 1. The van der Waals surface area contributed by atoms with Crippen molar-refractivity contribution in [2.24, 2.45) is 4.76 Å². The van der Waals surface area contributed by atoms with Crippen LogP contribution in [0.3, 0.4) is 0 Å². The van der Waals surface area contributed by atoms with E-state index >= 15 is 0 Å². The van der Waals surface area contributed by atoms with Crippen molar-refractivity contribution in [3.8, 4) is 0 Å². The zero-order valence-corrected chi connectivity index (χ0v) is 4.16. The molecule has 0 atom stereocenters. The molecular formula is C2H4BrNO.